The van der Waals surface area contributed by atoms with Crippen molar-refractivity contribution in [1.29, 1.82) is 0 Å². The van der Waals surface area contributed by atoms with Crippen LogP contribution in [0.25, 0.3) is 0 Å². The average molecular weight is 208 g/mol. The summed E-state index contributed by atoms with van der Waals surface area (Å²) >= 11 is 0. The molecule has 0 bridgehead atoms. The summed E-state index contributed by atoms with van der Waals surface area (Å²) in [5, 5.41) is 8.24. The van der Waals surface area contributed by atoms with Crippen LogP contribution in [-0.2, 0) is 0 Å². The van der Waals surface area contributed by atoms with E-state index >= 15 is 0 Å². The third kappa shape index (κ3) is 3.21. The Morgan fingerprint density at radius 3 is 2.57 bits per heavy atom. The maximum atomic E-state index is 12.8. The van der Waals surface area contributed by atoms with Crippen molar-refractivity contribution in [2.75, 3.05) is 0 Å². The van der Waals surface area contributed by atoms with Gasteiger partial charge in [0, 0.05) is 6.08 Å². The van der Waals surface area contributed by atoms with Gasteiger partial charge in [-0.25, -0.2) is 8.78 Å². The summed E-state index contributed by atoms with van der Waals surface area (Å²) in [4.78, 5) is 11.0. The Kier molecular flexibility index (Phi) is 5.60. The summed E-state index contributed by atoms with van der Waals surface area (Å²) in [5.41, 5.74) is -0.398. The molecule has 2 nitrogen and oxygen atoms in total. The van der Waals surface area contributed by atoms with E-state index in [1.165, 1.54) is 0 Å². The van der Waals surface area contributed by atoms with E-state index in [0.29, 0.717) is 6.26 Å². The van der Waals surface area contributed by atoms with Crippen molar-refractivity contribution in [3.63, 3.8) is 0 Å². The number of hydrogen-bond acceptors (Lipinski definition) is 2. The molecule has 0 heterocycles. The minimum atomic E-state index is -0.815. The van der Waals surface area contributed by atoms with E-state index < -0.39 is 23.0 Å². The Labute approximate surface area is 102 Å². The van der Waals surface area contributed by atoms with E-state index in [1.54, 1.807) is 0 Å². The van der Waals surface area contributed by atoms with E-state index in [0.717, 1.165) is 24.3 Å². The van der Waals surface area contributed by atoms with Crippen LogP contribution in [0.2, 0.25) is 0 Å². The minimum absolute atomic E-state index is 0. The molecule has 0 saturated heterocycles. The van der Waals surface area contributed by atoms with Gasteiger partial charge >= 0.3 is 29.6 Å². The molecule has 0 aliphatic rings. The molecular weight excluding hydrogens is 201 g/mol. The Bertz CT molecular complexity index is 364. The number of benzene rings is 1. The van der Waals surface area contributed by atoms with E-state index in [1.807, 2.05) is 0 Å². The second kappa shape index (κ2) is 5.90. The topological polar surface area (TPSA) is 37.3 Å². The van der Waals surface area contributed by atoms with Crippen LogP contribution in [0.5, 0.6) is 0 Å². The molecule has 5 heteroatoms. The molecule has 0 aliphatic carbocycles. The Hall–Kier alpha value is -0.710. The van der Waals surface area contributed by atoms with Crippen LogP contribution in [0.1, 0.15) is 10.4 Å². The summed E-state index contributed by atoms with van der Waals surface area (Å²) in [6, 6.07) is 2.54. The van der Waals surface area contributed by atoms with Crippen molar-refractivity contribution in [2.45, 2.75) is 0 Å². The van der Waals surface area contributed by atoms with Crippen molar-refractivity contribution >= 4 is 35.3 Å². The summed E-state index contributed by atoms with van der Waals surface area (Å²) < 4.78 is 25.4. The van der Waals surface area contributed by atoms with Crippen LogP contribution in [0, 0.1) is 11.6 Å². The van der Waals surface area contributed by atoms with Gasteiger partial charge in [0.1, 0.15) is 11.6 Å². The Morgan fingerprint density at radius 2 is 2.00 bits per heavy atom. The zero-order chi connectivity index (χ0) is 9.84. The van der Waals surface area contributed by atoms with Gasteiger partial charge in [-0.1, -0.05) is 0 Å². The number of aliphatic hydroxyl groups excluding tert-OH is 1. The van der Waals surface area contributed by atoms with E-state index in [9.17, 15) is 13.6 Å². The molecule has 0 aromatic heterocycles. The first-order valence-electron chi connectivity index (χ1n) is 3.45. The maximum absolute atomic E-state index is 12.8. The molecule has 0 unspecified atom stereocenters. The van der Waals surface area contributed by atoms with Gasteiger partial charge < -0.3 is 5.11 Å². The number of carbonyl (C=O) groups excluding carboxylic acids is 1. The molecule has 70 valence electrons. The van der Waals surface area contributed by atoms with Crippen LogP contribution < -0.4 is 0 Å². The number of carbonyl (C=O) groups is 1. The van der Waals surface area contributed by atoms with Crippen LogP contribution in [0.4, 0.5) is 8.78 Å². The number of hydrogen-bond donors (Lipinski definition) is 1. The summed E-state index contributed by atoms with van der Waals surface area (Å²) in [6.07, 6.45) is 1.23. The Morgan fingerprint density at radius 1 is 1.36 bits per heavy atom. The fraction of sp³-hybridized carbons (Fsp3) is 0. The molecule has 0 atom stereocenters. The van der Waals surface area contributed by atoms with Gasteiger partial charge in [-0.15, -0.1) is 0 Å². The van der Waals surface area contributed by atoms with E-state index in [-0.39, 0.29) is 29.6 Å². The van der Waals surface area contributed by atoms with E-state index in [2.05, 4.69) is 0 Å². The van der Waals surface area contributed by atoms with Crippen molar-refractivity contribution in [2.24, 2.45) is 0 Å². The third-order valence-corrected chi connectivity index (χ3v) is 1.42. The van der Waals surface area contributed by atoms with Crippen molar-refractivity contribution in [3.8, 4) is 0 Å². The van der Waals surface area contributed by atoms with Crippen molar-refractivity contribution in [1.82, 2.24) is 0 Å². The monoisotopic (exact) mass is 208 g/mol. The van der Waals surface area contributed by atoms with Gasteiger partial charge in [0.15, 0.2) is 5.78 Å². The van der Waals surface area contributed by atoms with Crippen LogP contribution in [0.3, 0.4) is 0 Å². The number of rotatable bonds is 2. The van der Waals surface area contributed by atoms with Crippen LogP contribution in [-0.4, -0.2) is 40.4 Å². The summed E-state index contributed by atoms with van der Waals surface area (Å²) in [7, 11) is 0. The first-order chi connectivity index (χ1) is 6.15. The van der Waals surface area contributed by atoms with Crippen LogP contribution >= 0.6 is 0 Å². The normalized spacial score (nSPS) is 9.86. The SMILES string of the molecule is O=C(/C=C/O)c1cc(F)ccc1F.[NaH]. The van der Waals surface area contributed by atoms with Gasteiger partial charge in [0.2, 0.25) is 0 Å². The predicted octanol–water partition coefficient (Wildman–Crippen LogP) is 1.57. The molecule has 0 aliphatic heterocycles. The number of allylic oxidation sites excluding steroid dienone is 1. The van der Waals surface area contributed by atoms with Crippen molar-refractivity contribution < 1.29 is 18.7 Å². The quantitative estimate of drug-likeness (QED) is 0.346. The Balaban J connectivity index is 0.00000169. The average Bonchev–Trinajstić information content (AvgIpc) is 2.09. The second-order valence-electron chi connectivity index (χ2n) is 2.30. The molecule has 1 aromatic carbocycles. The van der Waals surface area contributed by atoms with Gasteiger partial charge in [-0.3, -0.25) is 4.79 Å². The molecule has 1 aromatic rings. The molecule has 0 fully saturated rings. The zero-order valence-electron chi connectivity index (χ0n) is 6.50. The van der Waals surface area contributed by atoms with Crippen LogP contribution in [0.15, 0.2) is 30.5 Å². The standard InChI is InChI=1S/C9H6F2O2.Na.H/c10-6-1-2-8(11)7(5-6)9(13)3-4-12;;/h1-5,12H;;/b4-3+;;. The molecule has 0 amide bonds. The molecule has 0 spiro atoms. The van der Waals surface area contributed by atoms with E-state index in [4.69, 9.17) is 5.11 Å². The molecule has 1 rings (SSSR count). The van der Waals surface area contributed by atoms with Gasteiger partial charge in [0.05, 0.1) is 11.8 Å². The van der Waals surface area contributed by atoms with Gasteiger partial charge in [-0.05, 0) is 18.2 Å². The van der Waals surface area contributed by atoms with Gasteiger partial charge in [-0.2, -0.15) is 0 Å². The summed E-state index contributed by atoms with van der Waals surface area (Å²) in [6.45, 7) is 0. The molecule has 0 radical (unpaired) electrons. The first-order valence-corrected chi connectivity index (χ1v) is 3.45. The first kappa shape index (κ1) is 13.3. The third-order valence-electron chi connectivity index (χ3n) is 1.42. The number of aliphatic hydroxyl groups is 1. The van der Waals surface area contributed by atoms with Gasteiger partial charge in [0.25, 0.3) is 0 Å². The molecule has 0 saturated carbocycles. The number of halogens is 2. The molecular formula is C9H7F2NaO2. The second-order valence-corrected chi connectivity index (χ2v) is 2.30. The number of ketones is 1. The fourth-order valence-corrected chi connectivity index (χ4v) is 0.844. The zero-order valence-corrected chi connectivity index (χ0v) is 6.50. The van der Waals surface area contributed by atoms with Crippen molar-refractivity contribution in [3.05, 3.63) is 47.7 Å². The molecule has 1 N–H and O–H groups in total. The predicted molar refractivity (Wildman–Crippen MR) is 49.6 cm³/mol. The summed E-state index contributed by atoms with van der Waals surface area (Å²) in [5.74, 6) is -2.29. The molecule has 14 heavy (non-hydrogen) atoms. The fourth-order valence-electron chi connectivity index (χ4n) is 0.844.